The van der Waals surface area contributed by atoms with Crippen molar-refractivity contribution in [1.82, 2.24) is 19.8 Å². The molecular weight excluding hydrogens is 620 g/mol. The van der Waals surface area contributed by atoms with E-state index in [0.29, 0.717) is 47.5 Å². The third-order valence-electron chi connectivity index (χ3n) is 10.4. The van der Waals surface area contributed by atoms with Gasteiger partial charge in [0, 0.05) is 83.1 Å². The molecular formula is C37H48N8O4. The van der Waals surface area contributed by atoms with Crippen LogP contribution in [-0.4, -0.2) is 104 Å². The van der Waals surface area contributed by atoms with E-state index in [1.165, 1.54) is 18.0 Å². The summed E-state index contributed by atoms with van der Waals surface area (Å²) in [6.07, 6.45) is 8.14. The molecule has 0 unspecified atom stereocenters. The number of hydrogen-bond donors (Lipinski definition) is 2. The van der Waals surface area contributed by atoms with Gasteiger partial charge < -0.3 is 25.0 Å². The lowest BCUT2D eigenvalue weighted by Gasteiger charge is -2.45. The van der Waals surface area contributed by atoms with E-state index in [1.807, 2.05) is 41.5 Å². The first kappa shape index (κ1) is 33.3. The van der Waals surface area contributed by atoms with Crippen molar-refractivity contribution in [2.24, 2.45) is 0 Å². The van der Waals surface area contributed by atoms with Crippen molar-refractivity contribution in [2.45, 2.75) is 50.2 Å². The van der Waals surface area contributed by atoms with E-state index in [-0.39, 0.29) is 11.9 Å². The second kappa shape index (κ2) is 15.5. The Bertz CT molecular complexity index is 1570. The van der Waals surface area contributed by atoms with E-state index in [1.54, 1.807) is 7.11 Å². The van der Waals surface area contributed by atoms with Gasteiger partial charge in [-0.3, -0.25) is 19.4 Å². The summed E-state index contributed by atoms with van der Waals surface area (Å²) < 4.78 is 11.5. The Morgan fingerprint density at radius 2 is 1.59 bits per heavy atom. The molecule has 7 rings (SSSR count). The molecule has 2 N–H and O–H groups in total. The fourth-order valence-electron chi connectivity index (χ4n) is 7.72. The summed E-state index contributed by atoms with van der Waals surface area (Å²) in [5.74, 6) is 1.62. The molecule has 12 heteroatoms. The molecule has 0 bridgehead atoms. The van der Waals surface area contributed by atoms with Crippen LogP contribution in [0.1, 0.15) is 43.7 Å². The van der Waals surface area contributed by atoms with Gasteiger partial charge in [-0.25, -0.2) is 15.0 Å². The van der Waals surface area contributed by atoms with Crippen molar-refractivity contribution in [2.75, 3.05) is 86.8 Å². The molecule has 4 aliphatic rings. The van der Waals surface area contributed by atoms with Crippen LogP contribution in [0.3, 0.4) is 0 Å². The molecule has 3 aromatic rings. The average molecular weight is 669 g/mol. The van der Waals surface area contributed by atoms with Crippen LogP contribution in [0.5, 0.6) is 5.75 Å². The standard InChI is InChI=1S/C37H48N8O4/c1-3-37(46)41-30-23-31(40-35-25-36(39-26-38-35)45-32(13-22-49-45)27-7-5-4-6-8-27)34(47-2)24-33(30)44-14-9-28(10-15-44)42-16-18-43(19-17-42)29-11-20-48-21-12-29/h3-8,23-26,28-29,32H,1,9-22H2,2H3,(H,41,46)(H,38,39,40)/t32-/m1/s1. The number of rotatable bonds is 10. The predicted molar refractivity (Wildman–Crippen MR) is 192 cm³/mol. The number of nitrogens with one attached hydrogen (secondary N) is 2. The maximum atomic E-state index is 12.6. The Morgan fingerprint density at radius 3 is 2.29 bits per heavy atom. The van der Waals surface area contributed by atoms with Crippen LogP contribution in [0.4, 0.5) is 28.7 Å². The van der Waals surface area contributed by atoms with Crippen molar-refractivity contribution in [1.29, 1.82) is 0 Å². The van der Waals surface area contributed by atoms with Crippen molar-refractivity contribution in [3.05, 3.63) is 73.1 Å². The fourth-order valence-corrected chi connectivity index (χ4v) is 7.72. The smallest absolute Gasteiger partial charge is 0.247 e. The van der Waals surface area contributed by atoms with Gasteiger partial charge in [-0.15, -0.1) is 0 Å². The monoisotopic (exact) mass is 668 g/mol. The van der Waals surface area contributed by atoms with E-state index in [9.17, 15) is 4.79 Å². The van der Waals surface area contributed by atoms with Crippen LogP contribution in [0.2, 0.25) is 0 Å². The highest BCUT2D eigenvalue weighted by Crippen LogP contribution is 2.40. The molecule has 4 fully saturated rings. The van der Waals surface area contributed by atoms with E-state index in [2.05, 4.69) is 54.0 Å². The first-order valence-corrected chi connectivity index (χ1v) is 17.6. The number of methoxy groups -OCH3 is 1. The zero-order chi connectivity index (χ0) is 33.6. The topological polar surface area (TPSA) is 108 Å². The number of anilines is 5. The lowest BCUT2D eigenvalue weighted by atomic mass is 10.00. The van der Waals surface area contributed by atoms with Crippen LogP contribution in [-0.2, 0) is 14.4 Å². The highest BCUT2D eigenvalue weighted by atomic mass is 16.7. The third kappa shape index (κ3) is 7.67. The summed E-state index contributed by atoms with van der Waals surface area (Å²) in [7, 11) is 1.66. The second-order valence-corrected chi connectivity index (χ2v) is 13.2. The summed E-state index contributed by atoms with van der Waals surface area (Å²) >= 11 is 0. The molecule has 2 aromatic carbocycles. The van der Waals surface area contributed by atoms with Crippen LogP contribution in [0.25, 0.3) is 0 Å². The van der Waals surface area contributed by atoms with E-state index in [0.717, 1.165) is 90.3 Å². The Hall–Kier alpha value is -4.23. The summed E-state index contributed by atoms with van der Waals surface area (Å²) in [5.41, 5.74) is 3.47. The lowest BCUT2D eigenvalue weighted by Crippen LogP contribution is -2.55. The minimum absolute atomic E-state index is 0.0596. The van der Waals surface area contributed by atoms with Crippen molar-refractivity contribution >= 4 is 34.6 Å². The van der Waals surface area contributed by atoms with E-state index in [4.69, 9.17) is 14.3 Å². The number of ether oxygens (including phenoxy) is 2. The minimum Gasteiger partial charge on any atom is -0.494 e. The average Bonchev–Trinajstić information content (AvgIpc) is 3.66. The normalized spacial score (nSPS) is 21.4. The molecule has 4 aliphatic heterocycles. The molecule has 4 saturated heterocycles. The van der Waals surface area contributed by atoms with Crippen molar-refractivity contribution in [3.8, 4) is 5.75 Å². The predicted octanol–water partition coefficient (Wildman–Crippen LogP) is 5.00. The number of aromatic nitrogens is 2. The largest absolute Gasteiger partial charge is 0.494 e. The number of benzene rings is 2. The Balaban J connectivity index is 1.05. The number of hydrogen-bond acceptors (Lipinski definition) is 11. The molecule has 0 saturated carbocycles. The van der Waals surface area contributed by atoms with Gasteiger partial charge in [0.2, 0.25) is 5.91 Å². The molecule has 0 radical (unpaired) electrons. The molecule has 49 heavy (non-hydrogen) atoms. The number of carbonyl (C=O) groups is 1. The number of nitrogens with zero attached hydrogens (tertiary/aromatic N) is 6. The van der Waals surface area contributed by atoms with Crippen LogP contribution in [0.15, 0.2) is 67.5 Å². The number of hydroxylamine groups is 1. The molecule has 0 aliphatic carbocycles. The lowest BCUT2D eigenvalue weighted by molar-refractivity contribution is -0.111. The first-order chi connectivity index (χ1) is 24.1. The highest BCUT2D eigenvalue weighted by molar-refractivity contribution is 6.02. The quantitative estimate of drug-likeness (QED) is 0.285. The first-order valence-electron chi connectivity index (χ1n) is 17.6. The van der Waals surface area contributed by atoms with Gasteiger partial charge in [0.1, 0.15) is 17.9 Å². The van der Waals surface area contributed by atoms with Gasteiger partial charge in [0.05, 0.1) is 36.8 Å². The maximum absolute atomic E-state index is 12.6. The zero-order valence-corrected chi connectivity index (χ0v) is 28.4. The van der Waals surface area contributed by atoms with E-state index >= 15 is 0 Å². The Labute approximate surface area is 289 Å². The number of carbonyl (C=O) groups excluding carboxylic acids is 1. The van der Waals surface area contributed by atoms with Gasteiger partial charge >= 0.3 is 0 Å². The molecule has 5 heterocycles. The van der Waals surface area contributed by atoms with Gasteiger partial charge in [0.25, 0.3) is 0 Å². The summed E-state index contributed by atoms with van der Waals surface area (Å²) in [6, 6.07) is 17.4. The molecule has 260 valence electrons. The SMILES string of the molecule is C=CC(=O)Nc1cc(Nc2cc(N3OCC[C@@H]3c3ccccc3)ncn2)c(OC)cc1N1CCC(N2CCN(C3CCOCC3)CC2)CC1. The number of piperidine rings is 1. The number of amides is 1. The summed E-state index contributed by atoms with van der Waals surface area (Å²) in [5, 5.41) is 8.31. The third-order valence-corrected chi connectivity index (χ3v) is 10.4. The molecule has 0 spiro atoms. The van der Waals surface area contributed by atoms with Crippen LogP contribution >= 0.6 is 0 Å². The van der Waals surface area contributed by atoms with Crippen molar-refractivity contribution < 1.29 is 19.1 Å². The molecule has 1 amide bonds. The number of piperazine rings is 1. The fraction of sp³-hybridized carbons (Fsp3) is 0.486. The van der Waals surface area contributed by atoms with E-state index < -0.39 is 0 Å². The molecule has 1 aromatic heterocycles. The van der Waals surface area contributed by atoms with Gasteiger partial charge in [-0.1, -0.05) is 36.9 Å². The molecule has 12 nitrogen and oxygen atoms in total. The van der Waals surface area contributed by atoms with Crippen LogP contribution in [0, 0.1) is 0 Å². The zero-order valence-electron chi connectivity index (χ0n) is 28.4. The molecule has 1 atom stereocenters. The summed E-state index contributed by atoms with van der Waals surface area (Å²) in [4.78, 5) is 35.4. The highest BCUT2D eigenvalue weighted by Gasteiger charge is 2.32. The van der Waals surface area contributed by atoms with Gasteiger partial charge in [-0.05, 0) is 43.4 Å². The van der Waals surface area contributed by atoms with Gasteiger partial charge in [-0.2, -0.15) is 0 Å². The van der Waals surface area contributed by atoms with Crippen LogP contribution < -0.4 is 25.3 Å². The van der Waals surface area contributed by atoms with Gasteiger partial charge in [0.15, 0.2) is 5.82 Å². The Kier molecular flexibility index (Phi) is 10.6. The summed E-state index contributed by atoms with van der Waals surface area (Å²) in [6.45, 7) is 12.4. The second-order valence-electron chi connectivity index (χ2n) is 13.2. The minimum atomic E-state index is -0.267. The Morgan fingerprint density at radius 1 is 0.878 bits per heavy atom. The van der Waals surface area contributed by atoms with Crippen molar-refractivity contribution in [3.63, 3.8) is 0 Å². The maximum Gasteiger partial charge on any atom is 0.247 e.